The molecule has 0 aliphatic heterocycles. The monoisotopic (exact) mass is 456 g/mol. The maximum Gasteiger partial charge on any atom is 0.0575 e. The van der Waals surface area contributed by atoms with E-state index in [-0.39, 0.29) is 0 Å². The Balaban J connectivity index is 1.06. The third-order valence-corrected chi connectivity index (χ3v) is 10.8. The van der Waals surface area contributed by atoms with Crippen LogP contribution in [0.5, 0.6) is 0 Å². The van der Waals surface area contributed by atoms with Crippen molar-refractivity contribution in [2.45, 2.75) is 141 Å². The van der Waals surface area contributed by atoms with Gasteiger partial charge in [-0.05, 0) is 131 Å². The van der Waals surface area contributed by atoms with Gasteiger partial charge in [0.05, 0.1) is 6.10 Å². The summed E-state index contributed by atoms with van der Waals surface area (Å²) in [6.45, 7) is 7.33. The molecule has 0 bridgehead atoms. The second-order valence-corrected chi connectivity index (χ2v) is 12.9. The molecule has 0 radical (unpaired) electrons. The highest BCUT2D eigenvalue weighted by Gasteiger charge is 2.33. The minimum atomic E-state index is 0.584. The zero-order valence-electron chi connectivity index (χ0n) is 22.2. The summed E-state index contributed by atoms with van der Waals surface area (Å²) < 4.78 is 6.53. The van der Waals surface area contributed by atoms with Gasteiger partial charge in [-0.1, -0.05) is 51.5 Å². The average molecular weight is 457 g/mol. The number of allylic oxidation sites excluding steroid dienone is 1. The highest BCUT2D eigenvalue weighted by atomic mass is 16.5. The molecule has 4 aliphatic rings. The summed E-state index contributed by atoms with van der Waals surface area (Å²) in [6.07, 6.45) is 31.8. The molecule has 1 nitrogen and oxygen atoms in total. The van der Waals surface area contributed by atoms with Crippen LogP contribution < -0.4 is 0 Å². The van der Waals surface area contributed by atoms with Crippen molar-refractivity contribution in [3.8, 4) is 0 Å². The smallest absolute Gasteiger partial charge is 0.0575 e. The first-order valence-electron chi connectivity index (χ1n) is 15.5. The quantitative estimate of drug-likeness (QED) is 0.297. The lowest BCUT2D eigenvalue weighted by Gasteiger charge is -2.39. The molecule has 0 saturated heterocycles. The molecule has 4 saturated carbocycles. The zero-order chi connectivity index (χ0) is 22.9. The summed E-state index contributed by atoms with van der Waals surface area (Å²) in [7, 11) is 0. The summed E-state index contributed by atoms with van der Waals surface area (Å²) in [4.78, 5) is 0. The van der Waals surface area contributed by atoms with E-state index in [1.165, 1.54) is 128 Å². The summed E-state index contributed by atoms with van der Waals surface area (Å²) in [5, 5.41) is 0. The van der Waals surface area contributed by atoms with Crippen molar-refractivity contribution in [1.29, 1.82) is 0 Å². The average Bonchev–Trinajstić information content (AvgIpc) is 2.88. The third kappa shape index (κ3) is 7.85. The maximum absolute atomic E-state index is 6.53. The lowest BCUT2D eigenvalue weighted by molar-refractivity contribution is -0.0193. The first-order valence-corrected chi connectivity index (χ1v) is 15.5. The number of rotatable bonds is 10. The molecule has 0 aromatic heterocycles. The van der Waals surface area contributed by atoms with E-state index < -0.39 is 0 Å². The van der Waals surface area contributed by atoms with E-state index in [4.69, 9.17) is 4.74 Å². The van der Waals surface area contributed by atoms with Gasteiger partial charge in [0, 0.05) is 6.61 Å². The molecule has 0 spiro atoms. The van der Waals surface area contributed by atoms with Gasteiger partial charge in [-0.2, -0.15) is 0 Å². The van der Waals surface area contributed by atoms with Crippen molar-refractivity contribution < 1.29 is 4.74 Å². The second-order valence-electron chi connectivity index (χ2n) is 12.9. The van der Waals surface area contributed by atoms with Crippen LogP contribution in [0, 0.1) is 41.4 Å². The van der Waals surface area contributed by atoms with Crippen LogP contribution in [-0.4, -0.2) is 12.7 Å². The molecule has 0 amide bonds. The first kappa shape index (κ1) is 25.8. The highest BCUT2D eigenvalue weighted by molar-refractivity contribution is 4.85. The fourth-order valence-electron chi connectivity index (χ4n) is 8.48. The van der Waals surface area contributed by atoms with E-state index in [1.54, 1.807) is 0 Å². The largest absolute Gasteiger partial charge is 0.378 e. The van der Waals surface area contributed by atoms with E-state index in [1.807, 2.05) is 0 Å². The Kier molecular flexibility index (Phi) is 10.7. The van der Waals surface area contributed by atoms with Crippen LogP contribution >= 0.6 is 0 Å². The van der Waals surface area contributed by atoms with Crippen LogP contribution in [0.3, 0.4) is 0 Å². The van der Waals surface area contributed by atoms with Crippen molar-refractivity contribution in [3.63, 3.8) is 0 Å². The van der Waals surface area contributed by atoms with Crippen LogP contribution in [0.15, 0.2) is 12.7 Å². The second kappa shape index (κ2) is 13.7. The summed E-state index contributed by atoms with van der Waals surface area (Å²) in [5.41, 5.74) is 0. The van der Waals surface area contributed by atoms with Crippen LogP contribution in [0.2, 0.25) is 0 Å². The molecule has 4 aliphatic carbocycles. The van der Waals surface area contributed by atoms with Gasteiger partial charge in [0.1, 0.15) is 0 Å². The van der Waals surface area contributed by atoms with Gasteiger partial charge >= 0.3 is 0 Å². The maximum atomic E-state index is 6.53. The fraction of sp³-hybridized carbons (Fsp3) is 0.938. The lowest BCUT2D eigenvalue weighted by Crippen LogP contribution is -2.31. The molecule has 1 heteroatoms. The van der Waals surface area contributed by atoms with Crippen molar-refractivity contribution in [3.05, 3.63) is 12.7 Å². The SMILES string of the molecule is C=CCCC1CCC(C2CCC(COC3CCC(C4CCC(CCC)CC4)CC3)CC2)CC1. The predicted octanol–water partition coefficient (Wildman–Crippen LogP) is 9.75. The van der Waals surface area contributed by atoms with E-state index >= 15 is 0 Å². The highest BCUT2D eigenvalue weighted by Crippen LogP contribution is 2.44. The Bertz CT molecular complexity index is 523. The Morgan fingerprint density at radius 3 is 1.45 bits per heavy atom. The summed E-state index contributed by atoms with van der Waals surface area (Å²) >= 11 is 0. The molecule has 0 heterocycles. The van der Waals surface area contributed by atoms with E-state index in [0.717, 1.165) is 48.0 Å². The molecule has 0 aromatic rings. The summed E-state index contributed by atoms with van der Waals surface area (Å²) in [5.74, 6) is 7.05. The van der Waals surface area contributed by atoms with E-state index in [9.17, 15) is 0 Å². The minimum Gasteiger partial charge on any atom is -0.378 e. The Morgan fingerprint density at radius 1 is 0.576 bits per heavy atom. The van der Waals surface area contributed by atoms with Gasteiger partial charge in [-0.3, -0.25) is 0 Å². The molecular formula is C32H56O. The van der Waals surface area contributed by atoms with Crippen LogP contribution in [0.1, 0.15) is 135 Å². The standard InChI is InChI=1S/C32H56O/c1-3-5-7-26-10-16-28(17-11-26)30-18-12-27(13-19-30)24-33-32-22-20-31(21-23-32)29-14-8-25(6-4-2)9-15-29/h3,25-32H,1,4-24H2,2H3. The van der Waals surface area contributed by atoms with Crippen LogP contribution in [-0.2, 0) is 4.74 Å². The van der Waals surface area contributed by atoms with Crippen LogP contribution in [0.4, 0.5) is 0 Å². The summed E-state index contributed by atoms with van der Waals surface area (Å²) in [6, 6.07) is 0. The first-order chi connectivity index (χ1) is 16.2. The molecule has 190 valence electrons. The predicted molar refractivity (Wildman–Crippen MR) is 142 cm³/mol. The fourth-order valence-corrected chi connectivity index (χ4v) is 8.48. The van der Waals surface area contributed by atoms with Gasteiger partial charge in [-0.25, -0.2) is 0 Å². The normalized spacial score (nSPS) is 40.4. The van der Waals surface area contributed by atoms with Gasteiger partial charge < -0.3 is 4.74 Å². The molecule has 33 heavy (non-hydrogen) atoms. The molecule has 0 atom stereocenters. The lowest BCUT2D eigenvalue weighted by atomic mass is 9.69. The van der Waals surface area contributed by atoms with Gasteiger partial charge in [-0.15, -0.1) is 6.58 Å². The minimum absolute atomic E-state index is 0.584. The molecule has 4 rings (SSSR count). The van der Waals surface area contributed by atoms with E-state index in [0.29, 0.717) is 6.10 Å². The molecule has 4 fully saturated rings. The molecular weight excluding hydrogens is 400 g/mol. The number of hydrogen-bond donors (Lipinski definition) is 0. The van der Waals surface area contributed by atoms with Crippen molar-refractivity contribution in [2.75, 3.05) is 6.61 Å². The molecule has 0 unspecified atom stereocenters. The van der Waals surface area contributed by atoms with Crippen molar-refractivity contribution >= 4 is 0 Å². The van der Waals surface area contributed by atoms with E-state index in [2.05, 4.69) is 19.6 Å². The van der Waals surface area contributed by atoms with Gasteiger partial charge in [0.25, 0.3) is 0 Å². The number of hydrogen-bond acceptors (Lipinski definition) is 1. The Morgan fingerprint density at radius 2 is 1.00 bits per heavy atom. The van der Waals surface area contributed by atoms with Crippen molar-refractivity contribution in [1.82, 2.24) is 0 Å². The Labute approximate surface area is 206 Å². The van der Waals surface area contributed by atoms with Crippen LogP contribution in [0.25, 0.3) is 0 Å². The number of ether oxygens (including phenoxy) is 1. The molecule has 0 aromatic carbocycles. The van der Waals surface area contributed by atoms with Gasteiger partial charge in [0.2, 0.25) is 0 Å². The van der Waals surface area contributed by atoms with Gasteiger partial charge in [0.15, 0.2) is 0 Å². The Hall–Kier alpha value is -0.300. The molecule has 0 N–H and O–H groups in total. The zero-order valence-corrected chi connectivity index (χ0v) is 22.2. The van der Waals surface area contributed by atoms with Crippen molar-refractivity contribution in [2.24, 2.45) is 41.4 Å². The third-order valence-electron chi connectivity index (χ3n) is 10.8. The topological polar surface area (TPSA) is 9.23 Å².